The van der Waals surface area contributed by atoms with E-state index in [0.29, 0.717) is 22.7 Å². The molecular weight excluding hydrogens is 342 g/mol. The molecule has 2 N–H and O–H groups in total. The zero-order valence-electron chi connectivity index (χ0n) is 14.8. The Labute approximate surface area is 157 Å². The summed E-state index contributed by atoms with van der Waals surface area (Å²) in [5, 5.41) is 5.60. The summed E-state index contributed by atoms with van der Waals surface area (Å²) >= 11 is 0. The summed E-state index contributed by atoms with van der Waals surface area (Å²) in [5.74, 6) is 0.214. The second-order valence-electron chi connectivity index (χ2n) is 5.81. The van der Waals surface area contributed by atoms with Crippen molar-refractivity contribution in [3.8, 4) is 5.75 Å². The van der Waals surface area contributed by atoms with Gasteiger partial charge in [0.1, 0.15) is 5.75 Å². The first-order chi connectivity index (χ1) is 13.2. The molecule has 0 aliphatic carbocycles. The quantitative estimate of drug-likeness (QED) is 0.704. The number of carbonyl (C=O) groups excluding carboxylic acids is 2. The summed E-state index contributed by atoms with van der Waals surface area (Å²) in [6.45, 7) is 0. The molecule has 6 nitrogen and oxygen atoms in total. The molecule has 27 heavy (non-hydrogen) atoms. The van der Waals surface area contributed by atoms with Crippen LogP contribution in [0.15, 0.2) is 73.1 Å². The fourth-order valence-corrected chi connectivity index (χ4v) is 2.60. The highest BCUT2D eigenvalue weighted by Crippen LogP contribution is 2.19. The first-order valence-electron chi connectivity index (χ1n) is 8.39. The Morgan fingerprint density at radius 2 is 1.70 bits per heavy atom. The number of benzene rings is 2. The van der Waals surface area contributed by atoms with Crippen LogP contribution in [0.25, 0.3) is 0 Å². The number of hydrogen-bond acceptors (Lipinski definition) is 4. The van der Waals surface area contributed by atoms with Crippen LogP contribution in [-0.4, -0.2) is 23.9 Å². The molecule has 0 radical (unpaired) electrons. The smallest absolute Gasteiger partial charge is 0.255 e. The molecule has 6 heteroatoms. The lowest BCUT2D eigenvalue weighted by atomic mass is 10.1. The Hall–Kier alpha value is -3.67. The lowest BCUT2D eigenvalue weighted by molar-refractivity contribution is -0.115. The van der Waals surface area contributed by atoms with Crippen molar-refractivity contribution in [3.63, 3.8) is 0 Å². The summed E-state index contributed by atoms with van der Waals surface area (Å²) < 4.78 is 5.27. The Balaban J connectivity index is 1.66. The van der Waals surface area contributed by atoms with E-state index in [0.717, 1.165) is 5.56 Å². The van der Waals surface area contributed by atoms with Gasteiger partial charge in [0.05, 0.1) is 13.5 Å². The minimum Gasteiger partial charge on any atom is -0.496 e. The maximum atomic E-state index is 12.4. The van der Waals surface area contributed by atoms with Gasteiger partial charge in [-0.1, -0.05) is 24.3 Å². The van der Waals surface area contributed by atoms with Crippen molar-refractivity contribution in [3.05, 3.63) is 84.2 Å². The summed E-state index contributed by atoms with van der Waals surface area (Å²) in [7, 11) is 1.57. The maximum absolute atomic E-state index is 12.4. The van der Waals surface area contributed by atoms with Crippen molar-refractivity contribution < 1.29 is 14.3 Å². The second-order valence-corrected chi connectivity index (χ2v) is 5.81. The van der Waals surface area contributed by atoms with Gasteiger partial charge in [0.15, 0.2) is 0 Å². The van der Waals surface area contributed by atoms with E-state index in [1.165, 1.54) is 0 Å². The molecule has 0 atom stereocenters. The zero-order chi connectivity index (χ0) is 19.1. The van der Waals surface area contributed by atoms with E-state index in [9.17, 15) is 9.59 Å². The lowest BCUT2D eigenvalue weighted by Crippen LogP contribution is -2.16. The SMILES string of the molecule is COc1ccccc1CC(=O)Nc1cccc(C(=O)Nc2ccncc2)c1. The van der Waals surface area contributed by atoms with Gasteiger partial charge in [-0.15, -0.1) is 0 Å². The van der Waals surface area contributed by atoms with Gasteiger partial charge in [-0.2, -0.15) is 0 Å². The number of nitrogens with one attached hydrogen (secondary N) is 2. The van der Waals surface area contributed by atoms with Crippen molar-refractivity contribution in [1.82, 2.24) is 4.98 Å². The number of amides is 2. The largest absolute Gasteiger partial charge is 0.496 e. The molecule has 136 valence electrons. The molecular formula is C21H19N3O3. The van der Waals surface area contributed by atoms with Gasteiger partial charge in [0.25, 0.3) is 5.91 Å². The van der Waals surface area contributed by atoms with Crippen LogP contribution in [0.2, 0.25) is 0 Å². The predicted octanol–water partition coefficient (Wildman–Crippen LogP) is 3.52. The van der Waals surface area contributed by atoms with E-state index in [2.05, 4.69) is 15.6 Å². The third-order valence-corrected chi connectivity index (χ3v) is 3.89. The maximum Gasteiger partial charge on any atom is 0.255 e. The third-order valence-electron chi connectivity index (χ3n) is 3.89. The van der Waals surface area contributed by atoms with Crippen LogP contribution in [0.4, 0.5) is 11.4 Å². The van der Waals surface area contributed by atoms with Gasteiger partial charge in [-0.05, 0) is 36.4 Å². The van der Waals surface area contributed by atoms with Gasteiger partial charge < -0.3 is 15.4 Å². The van der Waals surface area contributed by atoms with E-state index < -0.39 is 0 Å². The number of rotatable bonds is 6. The number of carbonyl (C=O) groups is 2. The van der Waals surface area contributed by atoms with E-state index >= 15 is 0 Å². The van der Waals surface area contributed by atoms with Crippen molar-refractivity contribution in [2.45, 2.75) is 6.42 Å². The molecule has 0 spiro atoms. The molecule has 0 aliphatic heterocycles. The number of para-hydroxylation sites is 1. The topological polar surface area (TPSA) is 80.3 Å². The number of anilines is 2. The van der Waals surface area contributed by atoms with Gasteiger partial charge in [-0.3, -0.25) is 14.6 Å². The third kappa shape index (κ3) is 4.92. The Bertz CT molecular complexity index is 942. The minimum atomic E-state index is -0.262. The number of nitrogens with zero attached hydrogens (tertiary/aromatic N) is 1. The average molecular weight is 361 g/mol. The summed E-state index contributed by atoms with van der Waals surface area (Å²) in [4.78, 5) is 28.6. The fraction of sp³-hybridized carbons (Fsp3) is 0.0952. The molecule has 2 aromatic carbocycles. The Morgan fingerprint density at radius 1 is 0.926 bits per heavy atom. The molecule has 3 rings (SSSR count). The Morgan fingerprint density at radius 3 is 2.48 bits per heavy atom. The van der Waals surface area contributed by atoms with Crippen LogP contribution >= 0.6 is 0 Å². The van der Waals surface area contributed by atoms with Gasteiger partial charge in [0.2, 0.25) is 5.91 Å². The highest BCUT2D eigenvalue weighted by molar-refractivity contribution is 6.05. The van der Waals surface area contributed by atoms with Gasteiger partial charge in [0, 0.05) is 34.9 Å². The molecule has 1 heterocycles. The van der Waals surface area contributed by atoms with Crippen LogP contribution < -0.4 is 15.4 Å². The van der Waals surface area contributed by atoms with Crippen LogP contribution in [0.1, 0.15) is 15.9 Å². The molecule has 3 aromatic rings. The minimum absolute atomic E-state index is 0.178. The highest BCUT2D eigenvalue weighted by Gasteiger charge is 2.11. The van der Waals surface area contributed by atoms with Gasteiger partial charge >= 0.3 is 0 Å². The second kappa shape index (κ2) is 8.62. The number of methoxy groups -OCH3 is 1. The van der Waals surface area contributed by atoms with Crippen molar-refractivity contribution in [2.24, 2.45) is 0 Å². The van der Waals surface area contributed by atoms with Gasteiger partial charge in [-0.25, -0.2) is 0 Å². The molecule has 2 amide bonds. The number of aromatic nitrogens is 1. The van der Waals surface area contributed by atoms with Crippen molar-refractivity contribution in [1.29, 1.82) is 0 Å². The van der Waals surface area contributed by atoms with Crippen LogP contribution in [0.3, 0.4) is 0 Å². The zero-order valence-corrected chi connectivity index (χ0v) is 14.8. The fourth-order valence-electron chi connectivity index (χ4n) is 2.60. The van der Waals surface area contributed by atoms with E-state index in [1.54, 1.807) is 55.9 Å². The Kier molecular flexibility index (Phi) is 5.79. The predicted molar refractivity (Wildman–Crippen MR) is 104 cm³/mol. The molecule has 0 unspecified atom stereocenters. The van der Waals surface area contributed by atoms with Crippen LogP contribution in [-0.2, 0) is 11.2 Å². The molecule has 0 saturated heterocycles. The number of ether oxygens (including phenoxy) is 1. The monoisotopic (exact) mass is 361 g/mol. The molecule has 0 bridgehead atoms. The van der Waals surface area contributed by atoms with E-state index in [4.69, 9.17) is 4.74 Å². The van der Waals surface area contributed by atoms with Crippen LogP contribution in [0.5, 0.6) is 5.75 Å². The number of pyridine rings is 1. The first-order valence-corrected chi connectivity index (χ1v) is 8.39. The average Bonchev–Trinajstić information content (AvgIpc) is 2.69. The molecule has 0 saturated carbocycles. The highest BCUT2D eigenvalue weighted by atomic mass is 16.5. The molecule has 0 aliphatic rings. The van der Waals surface area contributed by atoms with Crippen LogP contribution in [0, 0.1) is 0 Å². The number of hydrogen-bond donors (Lipinski definition) is 2. The van der Waals surface area contributed by atoms with E-state index in [1.807, 2.05) is 24.3 Å². The summed E-state index contributed by atoms with van der Waals surface area (Å²) in [5.41, 5.74) is 2.45. The first kappa shape index (κ1) is 18.1. The standard InChI is InChI=1S/C21H19N3O3/c1-27-19-8-3-2-5-15(19)14-20(25)23-18-7-4-6-16(13-18)21(26)24-17-9-11-22-12-10-17/h2-13H,14H2,1H3,(H,23,25)(H,22,24,26). The van der Waals surface area contributed by atoms with Crippen molar-refractivity contribution >= 4 is 23.2 Å². The normalized spacial score (nSPS) is 10.1. The van der Waals surface area contributed by atoms with E-state index in [-0.39, 0.29) is 18.2 Å². The molecule has 1 aromatic heterocycles. The molecule has 0 fully saturated rings. The lowest BCUT2D eigenvalue weighted by Gasteiger charge is -2.10. The summed E-state index contributed by atoms with van der Waals surface area (Å²) in [6, 6.07) is 17.6. The summed E-state index contributed by atoms with van der Waals surface area (Å²) in [6.07, 6.45) is 3.38. The van der Waals surface area contributed by atoms with Crippen molar-refractivity contribution in [2.75, 3.05) is 17.7 Å².